The van der Waals surface area contributed by atoms with Gasteiger partial charge in [-0.2, -0.15) is 0 Å². The van der Waals surface area contributed by atoms with Crippen LogP contribution in [0.1, 0.15) is 42.7 Å². The molecule has 0 saturated carbocycles. The fraction of sp³-hybridized carbons (Fsp3) is 0.600. The third-order valence-electron chi connectivity index (χ3n) is 5.73. The van der Waals surface area contributed by atoms with Gasteiger partial charge in [-0.25, -0.2) is 4.79 Å². The van der Waals surface area contributed by atoms with Crippen molar-refractivity contribution in [3.8, 4) is 0 Å². The van der Waals surface area contributed by atoms with Gasteiger partial charge < -0.3 is 28.8 Å². The van der Waals surface area contributed by atoms with E-state index in [2.05, 4.69) is 20.1 Å². The Morgan fingerprint density at radius 3 is 2.93 bits per heavy atom. The van der Waals surface area contributed by atoms with E-state index in [1.807, 2.05) is 11.0 Å². The molecule has 2 aromatic rings. The Morgan fingerprint density at radius 2 is 2.13 bits per heavy atom. The second kappa shape index (κ2) is 9.29. The summed E-state index contributed by atoms with van der Waals surface area (Å²) in [7, 11) is 1.53. The molecule has 2 aliphatic rings. The molecule has 4 heterocycles. The van der Waals surface area contributed by atoms with Gasteiger partial charge in [-0.3, -0.25) is 4.79 Å². The zero-order chi connectivity index (χ0) is 20.9. The second-order valence-electron chi connectivity index (χ2n) is 7.63. The molecule has 0 radical (unpaired) electrons. The molecule has 1 N–H and O–H groups in total. The van der Waals surface area contributed by atoms with E-state index in [0.29, 0.717) is 39.1 Å². The molecule has 0 aromatic carbocycles. The Labute approximate surface area is 175 Å². The Hall–Kier alpha value is -2.88. The molecule has 4 rings (SSSR count). The molecule has 2 aromatic heterocycles. The highest BCUT2D eigenvalue weighted by atomic mass is 16.5. The Balaban J connectivity index is 1.43. The van der Waals surface area contributed by atoms with Gasteiger partial charge in [0.15, 0.2) is 5.82 Å². The number of hydrogen-bond donors (Lipinski definition) is 1. The first-order valence-corrected chi connectivity index (χ1v) is 10.4. The number of piperidine rings is 1. The summed E-state index contributed by atoms with van der Waals surface area (Å²) < 4.78 is 12.4. The van der Waals surface area contributed by atoms with Crippen molar-refractivity contribution in [2.24, 2.45) is 0 Å². The van der Waals surface area contributed by atoms with Crippen LogP contribution in [0, 0.1) is 0 Å². The fourth-order valence-electron chi connectivity index (χ4n) is 4.19. The van der Waals surface area contributed by atoms with Gasteiger partial charge in [-0.05, 0) is 31.4 Å². The molecular formula is C20H28N6O4. The van der Waals surface area contributed by atoms with Crippen molar-refractivity contribution in [1.29, 1.82) is 0 Å². The molecule has 162 valence electrons. The number of furan rings is 1. The fourth-order valence-corrected chi connectivity index (χ4v) is 4.19. The number of amides is 3. The number of methoxy groups -OCH3 is 1. The number of nitrogens with one attached hydrogen (secondary N) is 1. The van der Waals surface area contributed by atoms with Gasteiger partial charge in [0.05, 0.1) is 18.8 Å². The maximum absolute atomic E-state index is 12.6. The van der Waals surface area contributed by atoms with Gasteiger partial charge in [0.1, 0.15) is 18.2 Å². The molecule has 0 aliphatic carbocycles. The molecule has 0 spiro atoms. The van der Waals surface area contributed by atoms with E-state index < -0.39 is 0 Å². The van der Waals surface area contributed by atoms with Crippen molar-refractivity contribution in [2.75, 3.05) is 33.4 Å². The number of carbonyl (C=O) groups is 2. The summed E-state index contributed by atoms with van der Waals surface area (Å²) in [6.07, 6.45) is 5.11. The van der Waals surface area contributed by atoms with Crippen LogP contribution >= 0.6 is 0 Å². The number of likely N-dealkylation sites (tertiary alicyclic amines) is 1. The minimum absolute atomic E-state index is 0.0212. The van der Waals surface area contributed by atoms with Crippen LogP contribution in [0.3, 0.4) is 0 Å². The maximum atomic E-state index is 12.6. The monoisotopic (exact) mass is 416 g/mol. The summed E-state index contributed by atoms with van der Waals surface area (Å²) in [6.45, 7) is 2.87. The van der Waals surface area contributed by atoms with Crippen LogP contribution < -0.4 is 5.32 Å². The first-order valence-electron chi connectivity index (χ1n) is 10.4. The summed E-state index contributed by atoms with van der Waals surface area (Å²) in [5, 5.41) is 11.7. The van der Waals surface area contributed by atoms with Crippen LogP contribution in [0.25, 0.3) is 0 Å². The number of nitrogens with zero attached hydrogens (tertiary/aromatic N) is 5. The lowest BCUT2D eigenvalue weighted by Crippen LogP contribution is -2.42. The van der Waals surface area contributed by atoms with Gasteiger partial charge in [-0.1, -0.05) is 0 Å². The lowest BCUT2D eigenvalue weighted by Gasteiger charge is -2.35. The standard InChI is InChI=1S/C20H28N6O4/c1-29-14-18(27)25-8-3-2-6-16(25)19-23-22-17-7-9-24(10-11-26(17)19)20(28)21-13-15-5-4-12-30-15/h4-5,12,16H,2-3,6-11,13-14H2,1H3,(H,21,28). The molecule has 10 heteroatoms. The van der Waals surface area contributed by atoms with Gasteiger partial charge in [0.2, 0.25) is 5.91 Å². The molecule has 1 fully saturated rings. The highest BCUT2D eigenvalue weighted by Crippen LogP contribution is 2.31. The van der Waals surface area contributed by atoms with Crippen molar-refractivity contribution < 1.29 is 18.7 Å². The highest BCUT2D eigenvalue weighted by molar-refractivity contribution is 5.78. The average molecular weight is 416 g/mol. The van der Waals surface area contributed by atoms with Crippen molar-refractivity contribution >= 4 is 11.9 Å². The molecule has 30 heavy (non-hydrogen) atoms. The molecule has 0 bridgehead atoms. The first kappa shape index (κ1) is 20.4. The van der Waals surface area contributed by atoms with Crippen LogP contribution in [0.15, 0.2) is 22.8 Å². The van der Waals surface area contributed by atoms with E-state index in [-0.39, 0.29) is 24.6 Å². The molecule has 1 atom stereocenters. The first-order chi connectivity index (χ1) is 14.7. The third-order valence-corrected chi connectivity index (χ3v) is 5.73. The molecule has 1 unspecified atom stereocenters. The maximum Gasteiger partial charge on any atom is 0.317 e. The summed E-state index contributed by atoms with van der Waals surface area (Å²) in [5.41, 5.74) is 0. The average Bonchev–Trinajstić information content (AvgIpc) is 3.38. The van der Waals surface area contributed by atoms with E-state index in [9.17, 15) is 9.59 Å². The van der Waals surface area contributed by atoms with Gasteiger partial charge >= 0.3 is 6.03 Å². The Kier molecular flexibility index (Phi) is 6.32. The largest absolute Gasteiger partial charge is 0.467 e. The number of hydrogen-bond acceptors (Lipinski definition) is 6. The molecular weight excluding hydrogens is 388 g/mol. The van der Waals surface area contributed by atoms with E-state index in [0.717, 1.165) is 36.7 Å². The zero-order valence-electron chi connectivity index (χ0n) is 17.2. The second-order valence-corrected chi connectivity index (χ2v) is 7.63. The van der Waals surface area contributed by atoms with Crippen molar-refractivity contribution in [2.45, 2.75) is 44.8 Å². The van der Waals surface area contributed by atoms with Crippen molar-refractivity contribution in [3.63, 3.8) is 0 Å². The predicted molar refractivity (Wildman–Crippen MR) is 106 cm³/mol. The van der Waals surface area contributed by atoms with E-state index in [1.54, 1.807) is 17.2 Å². The predicted octanol–water partition coefficient (Wildman–Crippen LogP) is 1.34. The Bertz CT molecular complexity index is 865. The Morgan fingerprint density at radius 1 is 1.23 bits per heavy atom. The lowest BCUT2D eigenvalue weighted by atomic mass is 10.0. The van der Waals surface area contributed by atoms with Gasteiger partial charge in [0, 0.05) is 39.7 Å². The quantitative estimate of drug-likeness (QED) is 0.789. The normalized spacial score (nSPS) is 19.3. The zero-order valence-corrected chi connectivity index (χ0v) is 17.2. The number of ether oxygens (including phenoxy) is 1. The SMILES string of the molecule is COCC(=O)N1CCCCC1c1nnc2n1CCN(C(=O)NCc1ccco1)CC2. The van der Waals surface area contributed by atoms with Crippen LogP contribution in [0.4, 0.5) is 4.79 Å². The third kappa shape index (κ3) is 4.33. The summed E-state index contributed by atoms with van der Waals surface area (Å²) >= 11 is 0. The minimum Gasteiger partial charge on any atom is -0.467 e. The van der Waals surface area contributed by atoms with Crippen molar-refractivity contribution in [3.05, 3.63) is 35.8 Å². The molecule has 3 amide bonds. The number of aromatic nitrogens is 3. The van der Waals surface area contributed by atoms with Gasteiger partial charge in [0.25, 0.3) is 0 Å². The van der Waals surface area contributed by atoms with Crippen LogP contribution in [-0.4, -0.2) is 69.9 Å². The topological polar surface area (TPSA) is 106 Å². The van der Waals surface area contributed by atoms with Crippen molar-refractivity contribution in [1.82, 2.24) is 29.9 Å². The number of rotatable bonds is 5. The van der Waals surface area contributed by atoms with E-state index in [1.165, 1.54) is 7.11 Å². The number of fused-ring (bicyclic) bond motifs is 1. The van der Waals surface area contributed by atoms with Crippen LogP contribution in [0.5, 0.6) is 0 Å². The summed E-state index contributed by atoms with van der Waals surface area (Å²) in [4.78, 5) is 28.8. The number of urea groups is 1. The lowest BCUT2D eigenvalue weighted by molar-refractivity contribution is -0.139. The summed E-state index contributed by atoms with van der Waals surface area (Å²) in [6, 6.07) is 3.41. The molecule has 2 aliphatic heterocycles. The summed E-state index contributed by atoms with van der Waals surface area (Å²) in [5.74, 6) is 2.37. The number of carbonyl (C=O) groups excluding carboxylic acids is 2. The smallest absolute Gasteiger partial charge is 0.317 e. The van der Waals surface area contributed by atoms with E-state index >= 15 is 0 Å². The highest BCUT2D eigenvalue weighted by Gasteiger charge is 2.33. The molecule has 1 saturated heterocycles. The van der Waals surface area contributed by atoms with E-state index in [4.69, 9.17) is 9.15 Å². The minimum atomic E-state index is -0.124. The van der Waals surface area contributed by atoms with Crippen LogP contribution in [-0.2, 0) is 29.0 Å². The van der Waals surface area contributed by atoms with Crippen LogP contribution in [0.2, 0.25) is 0 Å². The van der Waals surface area contributed by atoms with Gasteiger partial charge in [-0.15, -0.1) is 10.2 Å². The molecule has 10 nitrogen and oxygen atoms in total.